The first kappa shape index (κ1) is 25.9. The minimum atomic E-state index is -0.428. The summed E-state index contributed by atoms with van der Waals surface area (Å²) in [6.07, 6.45) is 24.1. The van der Waals surface area contributed by atoms with Crippen molar-refractivity contribution < 1.29 is 0 Å². The fourth-order valence-corrected chi connectivity index (χ4v) is 6.44. The van der Waals surface area contributed by atoms with Gasteiger partial charge in [-0.25, -0.2) is 9.97 Å². The summed E-state index contributed by atoms with van der Waals surface area (Å²) in [5.74, 6) is 2.17. The topological polar surface area (TPSA) is 67.1 Å². The van der Waals surface area contributed by atoms with E-state index >= 15 is 0 Å². The highest BCUT2D eigenvalue weighted by Crippen LogP contribution is 2.38. The van der Waals surface area contributed by atoms with Crippen molar-refractivity contribution >= 4 is 5.82 Å². The van der Waals surface area contributed by atoms with Gasteiger partial charge in [0.2, 0.25) is 0 Å². The first-order valence-electron chi connectivity index (χ1n) is 14.9. The van der Waals surface area contributed by atoms with Gasteiger partial charge in [-0.2, -0.15) is 0 Å². The van der Waals surface area contributed by atoms with E-state index < -0.39 is 5.54 Å². The molecule has 1 saturated carbocycles. The Morgan fingerprint density at radius 2 is 1.56 bits per heavy atom. The molecule has 0 bridgehead atoms. The van der Waals surface area contributed by atoms with E-state index in [2.05, 4.69) is 17.1 Å². The van der Waals surface area contributed by atoms with Crippen LogP contribution in [0.25, 0.3) is 0 Å². The van der Waals surface area contributed by atoms with Crippen LogP contribution in [0.2, 0.25) is 0 Å². The number of nitrogens with two attached hydrogens (primary N) is 1. The Bertz CT molecular complexity index is 742. The van der Waals surface area contributed by atoms with Crippen LogP contribution in [-0.2, 0) is 18.4 Å². The molecule has 1 aromatic rings. The van der Waals surface area contributed by atoms with Crippen LogP contribution in [0, 0.1) is 0 Å². The van der Waals surface area contributed by atoms with Gasteiger partial charge in [-0.15, -0.1) is 0 Å². The van der Waals surface area contributed by atoms with Crippen LogP contribution in [0.1, 0.15) is 133 Å². The van der Waals surface area contributed by atoms with Gasteiger partial charge < -0.3 is 16.0 Å². The second-order valence-corrected chi connectivity index (χ2v) is 11.3. The van der Waals surface area contributed by atoms with Crippen LogP contribution in [0.3, 0.4) is 0 Å². The van der Waals surface area contributed by atoms with Crippen LogP contribution < -0.4 is 16.0 Å². The maximum atomic E-state index is 7.22. The number of unbranched alkanes of at least 4 members (excludes halogenated alkanes) is 6. The van der Waals surface area contributed by atoms with Crippen LogP contribution in [0.15, 0.2) is 0 Å². The smallest absolute Gasteiger partial charge is 0.152 e. The lowest BCUT2D eigenvalue weighted by Gasteiger charge is -2.33. The third-order valence-electron chi connectivity index (χ3n) is 8.61. The van der Waals surface area contributed by atoms with Gasteiger partial charge in [0.25, 0.3) is 0 Å². The molecule has 1 aromatic heterocycles. The van der Waals surface area contributed by atoms with Crippen molar-refractivity contribution in [3.8, 4) is 0 Å². The maximum Gasteiger partial charge on any atom is 0.152 e. The zero-order chi connectivity index (χ0) is 23.6. The number of nitrogens with zero attached hydrogens (tertiary/aromatic N) is 3. The summed E-state index contributed by atoms with van der Waals surface area (Å²) in [6, 6.07) is 0.299. The van der Waals surface area contributed by atoms with Gasteiger partial charge in [0.15, 0.2) is 5.82 Å². The van der Waals surface area contributed by atoms with Crippen molar-refractivity contribution in [3.05, 3.63) is 17.1 Å². The molecule has 2 fully saturated rings. The monoisotopic (exact) mass is 469 g/mol. The SMILES string of the molecule is CCCCCCCCCNC1CCCC1(N)c1nc2c(c(N3CCCCCC3)n1)CCCCC2. The lowest BCUT2D eigenvalue weighted by molar-refractivity contribution is 0.323. The Kier molecular flexibility index (Phi) is 10.0. The number of aromatic nitrogens is 2. The second kappa shape index (κ2) is 13.2. The van der Waals surface area contributed by atoms with E-state index in [1.807, 2.05) is 0 Å². The Morgan fingerprint density at radius 3 is 2.35 bits per heavy atom. The summed E-state index contributed by atoms with van der Waals surface area (Å²) in [4.78, 5) is 13.2. The van der Waals surface area contributed by atoms with E-state index in [0.29, 0.717) is 6.04 Å². The summed E-state index contributed by atoms with van der Waals surface area (Å²) < 4.78 is 0. The Morgan fingerprint density at radius 1 is 0.853 bits per heavy atom. The van der Waals surface area contributed by atoms with Crippen LogP contribution in [0.4, 0.5) is 5.82 Å². The van der Waals surface area contributed by atoms with Gasteiger partial charge in [0, 0.05) is 30.4 Å². The summed E-state index contributed by atoms with van der Waals surface area (Å²) >= 11 is 0. The highest BCUT2D eigenvalue weighted by atomic mass is 15.2. The molecule has 0 radical (unpaired) electrons. The molecule has 3 N–H and O–H groups in total. The molecular weight excluding hydrogens is 418 g/mol. The molecule has 5 nitrogen and oxygen atoms in total. The quantitative estimate of drug-likeness (QED) is 0.299. The minimum absolute atomic E-state index is 0.299. The molecule has 0 amide bonds. The first-order valence-corrected chi connectivity index (χ1v) is 14.9. The number of fused-ring (bicyclic) bond motifs is 1. The van der Waals surface area contributed by atoms with E-state index in [0.717, 1.165) is 51.1 Å². The van der Waals surface area contributed by atoms with Crippen molar-refractivity contribution in [2.75, 3.05) is 24.5 Å². The molecule has 1 saturated heterocycles. The average Bonchev–Trinajstić information content (AvgIpc) is 3.05. The lowest BCUT2D eigenvalue weighted by Crippen LogP contribution is -2.52. The molecule has 0 aromatic carbocycles. The summed E-state index contributed by atoms with van der Waals surface area (Å²) in [6.45, 7) is 5.64. The van der Waals surface area contributed by atoms with Crippen molar-refractivity contribution in [3.63, 3.8) is 0 Å². The molecule has 4 rings (SSSR count). The predicted molar refractivity (Wildman–Crippen MR) is 143 cm³/mol. The Labute approximate surface area is 209 Å². The fraction of sp³-hybridized carbons (Fsp3) is 0.862. The molecule has 5 heteroatoms. The summed E-state index contributed by atoms with van der Waals surface area (Å²) in [7, 11) is 0. The highest BCUT2D eigenvalue weighted by molar-refractivity contribution is 5.51. The molecular formula is C29H51N5. The standard InChI is InChI=1S/C29H51N5/c1-2-3-4-5-6-7-13-21-31-26-19-16-20-29(26,30)28-32-25-18-12-10-11-17-24(25)27(33-28)34-22-14-8-9-15-23-34/h26,31H,2-23,30H2,1H3. The average molecular weight is 470 g/mol. The van der Waals surface area contributed by atoms with Crippen molar-refractivity contribution in [1.29, 1.82) is 0 Å². The van der Waals surface area contributed by atoms with Crippen LogP contribution in [-0.4, -0.2) is 35.6 Å². The fourth-order valence-electron chi connectivity index (χ4n) is 6.44. The number of nitrogens with one attached hydrogen (secondary N) is 1. The summed E-state index contributed by atoms with van der Waals surface area (Å²) in [5, 5.41) is 3.86. The molecule has 2 heterocycles. The third-order valence-corrected chi connectivity index (χ3v) is 8.61. The van der Waals surface area contributed by atoms with E-state index in [1.165, 1.54) is 113 Å². The molecule has 1 aliphatic heterocycles. The number of hydrogen-bond acceptors (Lipinski definition) is 5. The maximum absolute atomic E-state index is 7.22. The number of rotatable bonds is 11. The van der Waals surface area contributed by atoms with Gasteiger partial charge in [-0.1, -0.05) is 64.7 Å². The van der Waals surface area contributed by atoms with E-state index in [1.54, 1.807) is 0 Å². The van der Waals surface area contributed by atoms with Gasteiger partial charge in [-0.05, 0) is 70.8 Å². The van der Waals surface area contributed by atoms with Crippen molar-refractivity contribution in [2.45, 2.75) is 141 Å². The van der Waals surface area contributed by atoms with Crippen LogP contribution in [0.5, 0.6) is 0 Å². The minimum Gasteiger partial charge on any atom is -0.356 e. The molecule has 2 unspecified atom stereocenters. The van der Waals surface area contributed by atoms with E-state index in [9.17, 15) is 0 Å². The normalized spacial score (nSPS) is 25.7. The van der Waals surface area contributed by atoms with Gasteiger partial charge >= 0.3 is 0 Å². The van der Waals surface area contributed by atoms with Gasteiger partial charge in [-0.3, -0.25) is 0 Å². The van der Waals surface area contributed by atoms with Gasteiger partial charge in [0.1, 0.15) is 5.82 Å². The van der Waals surface area contributed by atoms with Crippen molar-refractivity contribution in [2.24, 2.45) is 5.73 Å². The van der Waals surface area contributed by atoms with Gasteiger partial charge in [0.05, 0.1) is 5.54 Å². The largest absolute Gasteiger partial charge is 0.356 e. The third kappa shape index (κ3) is 6.51. The second-order valence-electron chi connectivity index (χ2n) is 11.3. The van der Waals surface area contributed by atoms with E-state index in [4.69, 9.17) is 15.7 Å². The predicted octanol–water partition coefficient (Wildman–Crippen LogP) is 6.17. The zero-order valence-corrected chi connectivity index (χ0v) is 22.1. The van der Waals surface area contributed by atoms with E-state index in [-0.39, 0.29) is 0 Å². The number of anilines is 1. The number of aryl methyl sites for hydroxylation is 1. The molecule has 0 spiro atoms. The van der Waals surface area contributed by atoms with Crippen LogP contribution >= 0.6 is 0 Å². The lowest BCUT2D eigenvalue weighted by atomic mass is 9.92. The molecule has 192 valence electrons. The first-order chi connectivity index (χ1) is 16.7. The highest BCUT2D eigenvalue weighted by Gasteiger charge is 2.44. The molecule has 3 aliphatic rings. The number of hydrogen-bond donors (Lipinski definition) is 2. The van der Waals surface area contributed by atoms with Crippen molar-refractivity contribution in [1.82, 2.24) is 15.3 Å². The molecule has 34 heavy (non-hydrogen) atoms. The Hall–Kier alpha value is -1.20. The molecule has 2 atom stereocenters. The zero-order valence-electron chi connectivity index (χ0n) is 22.1. The Balaban J connectivity index is 1.46. The summed E-state index contributed by atoms with van der Waals surface area (Å²) in [5.41, 5.74) is 9.54. The molecule has 2 aliphatic carbocycles.